The monoisotopic (exact) mass is 345 g/mol. The number of thiazole rings is 1. The molecule has 23 heavy (non-hydrogen) atoms. The Hall–Kier alpha value is -2.43. The quantitative estimate of drug-likeness (QED) is 0.663. The van der Waals surface area contributed by atoms with E-state index >= 15 is 0 Å². The minimum absolute atomic E-state index is 0.105. The van der Waals surface area contributed by atoms with Crippen LogP contribution >= 0.6 is 11.3 Å². The van der Waals surface area contributed by atoms with Crippen LogP contribution in [-0.4, -0.2) is 25.6 Å². The van der Waals surface area contributed by atoms with Crippen LogP contribution < -0.4 is 5.32 Å². The number of carbonyl (C=O) groups excluding carboxylic acids is 1. The number of hydrogen-bond acceptors (Lipinski definition) is 6. The molecule has 2 heterocycles. The van der Waals surface area contributed by atoms with Crippen molar-refractivity contribution in [1.29, 1.82) is 0 Å². The predicted octanol–water partition coefficient (Wildman–Crippen LogP) is 2.75. The second-order valence-electron chi connectivity index (χ2n) is 4.74. The van der Waals surface area contributed by atoms with Gasteiger partial charge in [-0.3, -0.25) is 19.6 Å². The van der Waals surface area contributed by atoms with Crippen LogP contribution in [0.15, 0.2) is 0 Å². The van der Waals surface area contributed by atoms with Gasteiger partial charge in [-0.15, -0.1) is 11.3 Å². The highest BCUT2D eigenvalue weighted by atomic mass is 32.1. The highest BCUT2D eigenvalue weighted by Crippen LogP contribution is 2.30. The average Bonchev–Trinajstić information content (AvgIpc) is 2.91. The van der Waals surface area contributed by atoms with Crippen LogP contribution in [-0.2, 0) is 11.3 Å². The number of rotatable bonds is 5. The van der Waals surface area contributed by atoms with Crippen LogP contribution in [0.4, 0.5) is 19.6 Å². The van der Waals surface area contributed by atoms with Crippen molar-refractivity contribution in [3.05, 3.63) is 32.1 Å². The van der Waals surface area contributed by atoms with Crippen molar-refractivity contribution < 1.29 is 18.5 Å². The van der Waals surface area contributed by atoms with Crippen molar-refractivity contribution in [3.63, 3.8) is 0 Å². The van der Waals surface area contributed by atoms with E-state index < -0.39 is 35.2 Å². The van der Waals surface area contributed by atoms with E-state index in [1.807, 2.05) is 6.92 Å². The van der Waals surface area contributed by atoms with Gasteiger partial charge in [-0.25, -0.2) is 13.8 Å². The molecule has 1 N–H and O–H groups in total. The number of aryl methyl sites for hydroxylation is 2. The minimum Gasteiger partial charge on any atom is -0.300 e. The zero-order valence-corrected chi connectivity index (χ0v) is 13.3. The Balaban J connectivity index is 2.21. The van der Waals surface area contributed by atoms with Crippen molar-refractivity contribution in [1.82, 2.24) is 14.8 Å². The molecule has 0 atom stereocenters. The number of anilines is 1. The number of nitrogens with zero attached hydrogens (tertiary/aromatic N) is 4. The van der Waals surface area contributed by atoms with Gasteiger partial charge in [0, 0.05) is 4.88 Å². The Morgan fingerprint density at radius 2 is 2.09 bits per heavy atom. The zero-order chi connectivity index (χ0) is 17.3. The van der Waals surface area contributed by atoms with E-state index in [2.05, 4.69) is 15.4 Å². The van der Waals surface area contributed by atoms with E-state index in [0.29, 0.717) is 5.13 Å². The first-order valence-electron chi connectivity index (χ1n) is 6.44. The van der Waals surface area contributed by atoms with Gasteiger partial charge in [-0.1, -0.05) is 0 Å². The molecule has 0 aliphatic heterocycles. The summed E-state index contributed by atoms with van der Waals surface area (Å²) < 4.78 is 26.5. The molecule has 0 aliphatic carbocycles. The maximum absolute atomic E-state index is 12.8. The third-order valence-corrected chi connectivity index (χ3v) is 4.15. The number of carbonyl (C=O) groups is 1. The first-order valence-corrected chi connectivity index (χ1v) is 7.26. The van der Waals surface area contributed by atoms with E-state index in [4.69, 9.17) is 0 Å². The molecular weight excluding hydrogens is 332 g/mol. The van der Waals surface area contributed by atoms with Crippen LogP contribution in [0, 0.1) is 30.9 Å². The molecular formula is C12H13F2N5O3S. The van der Waals surface area contributed by atoms with Crippen molar-refractivity contribution >= 4 is 28.1 Å². The molecule has 0 radical (unpaired) electrons. The van der Waals surface area contributed by atoms with E-state index in [1.54, 1.807) is 6.92 Å². The topological polar surface area (TPSA) is 103 Å². The standard InChI is InChI=1S/C12H13F2N5O3S/c1-5-7(3)23-12(15-5)16-8(20)4-18-6(2)10(19(21)22)9(17-18)11(13)14/h11H,4H2,1-3H3,(H,15,16,20). The average molecular weight is 345 g/mol. The van der Waals surface area contributed by atoms with Crippen molar-refractivity contribution in [2.24, 2.45) is 0 Å². The van der Waals surface area contributed by atoms with Gasteiger partial charge in [0.2, 0.25) is 11.6 Å². The number of nitro groups is 1. The summed E-state index contributed by atoms with van der Waals surface area (Å²) in [4.78, 5) is 27.0. The molecule has 11 heteroatoms. The molecule has 0 spiro atoms. The van der Waals surface area contributed by atoms with Crippen LogP contribution in [0.2, 0.25) is 0 Å². The molecule has 1 amide bonds. The summed E-state index contributed by atoms with van der Waals surface area (Å²) in [5, 5.41) is 17.3. The maximum Gasteiger partial charge on any atom is 0.319 e. The Labute approximate surface area is 133 Å². The number of halogens is 2. The van der Waals surface area contributed by atoms with Crippen molar-refractivity contribution in [3.8, 4) is 0 Å². The molecule has 0 saturated heterocycles. The van der Waals surface area contributed by atoms with E-state index in [-0.39, 0.29) is 5.69 Å². The summed E-state index contributed by atoms with van der Waals surface area (Å²) in [7, 11) is 0. The Morgan fingerprint density at radius 1 is 1.43 bits per heavy atom. The molecule has 0 saturated carbocycles. The minimum atomic E-state index is -3.09. The highest BCUT2D eigenvalue weighted by Gasteiger charge is 2.31. The van der Waals surface area contributed by atoms with Gasteiger partial charge in [0.25, 0.3) is 6.43 Å². The summed E-state index contributed by atoms with van der Waals surface area (Å²) in [6.07, 6.45) is -3.09. The van der Waals surface area contributed by atoms with E-state index in [0.717, 1.165) is 15.3 Å². The number of nitrogens with one attached hydrogen (secondary N) is 1. The van der Waals surface area contributed by atoms with Gasteiger partial charge in [-0.2, -0.15) is 5.10 Å². The van der Waals surface area contributed by atoms with Crippen molar-refractivity contribution in [2.75, 3.05) is 5.32 Å². The van der Waals surface area contributed by atoms with Gasteiger partial charge in [0.1, 0.15) is 12.2 Å². The lowest BCUT2D eigenvalue weighted by atomic mass is 10.3. The third-order valence-electron chi connectivity index (χ3n) is 3.16. The highest BCUT2D eigenvalue weighted by molar-refractivity contribution is 7.15. The third kappa shape index (κ3) is 3.50. The molecule has 2 aromatic heterocycles. The molecule has 0 bridgehead atoms. The number of amides is 1. The molecule has 0 aliphatic rings. The lowest BCUT2D eigenvalue weighted by molar-refractivity contribution is -0.386. The molecule has 8 nitrogen and oxygen atoms in total. The summed E-state index contributed by atoms with van der Waals surface area (Å²) in [5.74, 6) is -0.555. The molecule has 0 fully saturated rings. The Kier molecular flexibility index (Phi) is 4.68. The second kappa shape index (κ2) is 6.36. The van der Waals surface area contributed by atoms with Gasteiger partial charge in [0.05, 0.1) is 10.6 Å². The normalized spacial score (nSPS) is 11.0. The number of alkyl halides is 2. The van der Waals surface area contributed by atoms with Gasteiger partial charge in [-0.05, 0) is 20.8 Å². The second-order valence-corrected chi connectivity index (χ2v) is 5.95. The molecule has 0 unspecified atom stereocenters. The lowest BCUT2D eigenvalue weighted by Gasteiger charge is -2.03. The molecule has 2 aromatic rings. The fourth-order valence-electron chi connectivity index (χ4n) is 1.91. The zero-order valence-electron chi connectivity index (χ0n) is 12.5. The van der Waals surface area contributed by atoms with Crippen LogP contribution in [0.5, 0.6) is 0 Å². The fourth-order valence-corrected chi connectivity index (χ4v) is 2.74. The summed E-state index contributed by atoms with van der Waals surface area (Å²) in [5.41, 5.74) is -1.04. The largest absolute Gasteiger partial charge is 0.319 e. The number of aromatic nitrogens is 3. The first-order chi connectivity index (χ1) is 10.7. The maximum atomic E-state index is 12.8. The summed E-state index contributed by atoms with van der Waals surface area (Å²) in [6, 6.07) is 0. The van der Waals surface area contributed by atoms with E-state index in [9.17, 15) is 23.7 Å². The lowest BCUT2D eigenvalue weighted by Crippen LogP contribution is -2.20. The summed E-state index contributed by atoms with van der Waals surface area (Å²) >= 11 is 1.27. The summed E-state index contributed by atoms with van der Waals surface area (Å²) in [6.45, 7) is 4.48. The van der Waals surface area contributed by atoms with Crippen LogP contribution in [0.25, 0.3) is 0 Å². The van der Waals surface area contributed by atoms with Gasteiger partial charge >= 0.3 is 5.69 Å². The molecule has 0 aromatic carbocycles. The Morgan fingerprint density at radius 3 is 2.52 bits per heavy atom. The first kappa shape index (κ1) is 16.9. The van der Waals surface area contributed by atoms with E-state index in [1.165, 1.54) is 18.3 Å². The van der Waals surface area contributed by atoms with Crippen LogP contribution in [0.1, 0.15) is 28.4 Å². The van der Waals surface area contributed by atoms with Crippen molar-refractivity contribution in [2.45, 2.75) is 33.7 Å². The molecule has 124 valence electrons. The molecule has 2 rings (SSSR count). The number of hydrogen-bond donors (Lipinski definition) is 1. The SMILES string of the molecule is Cc1nc(NC(=O)Cn2nc(C(F)F)c([N+](=O)[O-])c2C)sc1C. The predicted molar refractivity (Wildman–Crippen MR) is 78.8 cm³/mol. The fraction of sp³-hybridized carbons (Fsp3) is 0.417. The van der Waals surface area contributed by atoms with Crippen LogP contribution in [0.3, 0.4) is 0 Å². The Bertz CT molecular complexity index is 752. The van der Waals surface area contributed by atoms with Gasteiger partial charge in [0.15, 0.2) is 5.13 Å². The smallest absolute Gasteiger partial charge is 0.300 e. The van der Waals surface area contributed by atoms with Gasteiger partial charge < -0.3 is 5.32 Å².